The topological polar surface area (TPSA) is 6.48 Å². The van der Waals surface area contributed by atoms with Crippen LogP contribution < -0.4 is 4.90 Å². The van der Waals surface area contributed by atoms with E-state index in [0.717, 1.165) is 18.4 Å². The third kappa shape index (κ3) is 2.58. The number of hydrogen-bond acceptors (Lipinski definition) is 2. The summed E-state index contributed by atoms with van der Waals surface area (Å²) in [5.74, 6) is 0. The van der Waals surface area contributed by atoms with Crippen molar-refractivity contribution in [2.45, 2.75) is 12.3 Å². The molecule has 1 aromatic rings. The van der Waals surface area contributed by atoms with Crippen molar-refractivity contribution in [1.82, 2.24) is 4.90 Å². The van der Waals surface area contributed by atoms with Crippen LogP contribution in [0.4, 0.5) is 5.69 Å². The third-order valence-corrected chi connectivity index (χ3v) is 3.90. The molecule has 1 aliphatic rings. The zero-order valence-electron chi connectivity index (χ0n) is 9.82. The number of alkyl halides is 1. The normalized spacial score (nSPS) is 17.8. The first-order valence-corrected chi connectivity index (χ1v) is 7.08. The smallest absolute Gasteiger partial charge is 0.0408 e. The molecule has 0 aromatic heterocycles. The molecule has 3 heteroatoms. The van der Waals surface area contributed by atoms with Crippen molar-refractivity contribution in [1.29, 1.82) is 0 Å². The molecule has 0 unspecified atom stereocenters. The quantitative estimate of drug-likeness (QED) is 0.787. The first-order chi connectivity index (χ1) is 7.85. The van der Waals surface area contributed by atoms with Gasteiger partial charge in [0.2, 0.25) is 0 Å². The van der Waals surface area contributed by atoms with Crippen molar-refractivity contribution in [2.24, 2.45) is 0 Å². The average molecular weight is 283 g/mol. The Morgan fingerprint density at radius 1 is 1.12 bits per heavy atom. The van der Waals surface area contributed by atoms with Crippen LogP contribution in [0, 0.1) is 0 Å². The Balaban J connectivity index is 2.07. The molecule has 0 saturated carbocycles. The Labute approximate surface area is 106 Å². The maximum atomic E-state index is 3.56. The van der Waals surface area contributed by atoms with Crippen molar-refractivity contribution in [3.8, 4) is 0 Å². The van der Waals surface area contributed by atoms with Crippen LogP contribution in [0.1, 0.15) is 12.5 Å². The molecule has 1 heterocycles. The SMILES string of the molecule is CCN1CCN(c2ccccc2CBr)CC1. The summed E-state index contributed by atoms with van der Waals surface area (Å²) < 4.78 is 0. The zero-order chi connectivity index (χ0) is 11.4. The number of piperazine rings is 1. The highest BCUT2D eigenvalue weighted by molar-refractivity contribution is 9.08. The first kappa shape index (κ1) is 11.9. The molecule has 1 saturated heterocycles. The van der Waals surface area contributed by atoms with Gasteiger partial charge in [-0.25, -0.2) is 0 Å². The lowest BCUT2D eigenvalue weighted by Crippen LogP contribution is -2.46. The van der Waals surface area contributed by atoms with Gasteiger partial charge in [0.15, 0.2) is 0 Å². The summed E-state index contributed by atoms with van der Waals surface area (Å²) in [5, 5.41) is 0.942. The fourth-order valence-corrected chi connectivity index (χ4v) is 2.71. The van der Waals surface area contributed by atoms with E-state index in [0.29, 0.717) is 0 Å². The van der Waals surface area contributed by atoms with Crippen molar-refractivity contribution in [3.05, 3.63) is 29.8 Å². The van der Waals surface area contributed by atoms with Crippen LogP contribution in [-0.4, -0.2) is 37.6 Å². The molecule has 0 radical (unpaired) electrons. The fourth-order valence-electron chi connectivity index (χ4n) is 2.24. The number of para-hydroxylation sites is 1. The minimum Gasteiger partial charge on any atom is -0.369 e. The fraction of sp³-hybridized carbons (Fsp3) is 0.538. The molecular weight excluding hydrogens is 264 g/mol. The molecule has 88 valence electrons. The van der Waals surface area contributed by atoms with Crippen LogP contribution in [0.5, 0.6) is 0 Å². The zero-order valence-corrected chi connectivity index (χ0v) is 11.4. The van der Waals surface area contributed by atoms with Gasteiger partial charge in [-0.1, -0.05) is 41.1 Å². The second-order valence-electron chi connectivity index (χ2n) is 4.18. The van der Waals surface area contributed by atoms with Gasteiger partial charge in [-0.2, -0.15) is 0 Å². The molecule has 16 heavy (non-hydrogen) atoms. The van der Waals surface area contributed by atoms with Gasteiger partial charge < -0.3 is 9.80 Å². The number of anilines is 1. The summed E-state index contributed by atoms with van der Waals surface area (Å²) >= 11 is 3.56. The predicted molar refractivity (Wildman–Crippen MR) is 73.4 cm³/mol. The Morgan fingerprint density at radius 3 is 2.44 bits per heavy atom. The highest BCUT2D eigenvalue weighted by Crippen LogP contribution is 2.23. The predicted octanol–water partition coefficient (Wildman–Crippen LogP) is 2.72. The summed E-state index contributed by atoms with van der Waals surface area (Å²) in [6, 6.07) is 8.69. The van der Waals surface area contributed by atoms with Crippen LogP contribution in [0.2, 0.25) is 0 Å². The van der Waals surface area contributed by atoms with Crippen molar-refractivity contribution in [3.63, 3.8) is 0 Å². The first-order valence-electron chi connectivity index (χ1n) is 5.96. The molecule has 0 N–H and O–H groups in total. The number of nitrogens with zero attached hydrogens (tertiary/aromatic N) is 2. The van der Waals surface area contributed by atoms with Crippen LogP contribution >= 0.6 is 15.9 Å². The van der Waals surface area contributed by atoms with E-state index in [1.54, 1.807) is 0 Å². The molecule has 0 amide bonds. The van der Waals surface area contributed by atoms with E-state index in [-0.39, 0.29) is 0 Å². The molecule has 0 atom stereocenters. The molecule has 0 spiro atoms. The summed E-state index contributed by atoms with van der Waals surface area (Å²) in [6.07, 6.45) is 0. The molecule has 1 aliphatic heterocycles. The van der Waals surface area contributed by atoms with Crippen LogP contribution in [0.15, 0.2) is 24.3 Å². The maximum absolute atomic E-state index is 3.56. The van der Waals surface area contributed by atoms with Crippen molar-refractivity contribution in [2.75, 3.05) is 37.6 Å². The van der Waals surface area contributed by atoms with Crippen LogP contribution in [0.3, 0.4) is 0 Å². The molecule has 2 rings (SSSR count). The number of hydrogen-bond donors (Lipinski definition) is 0. The number of rotatable bonds is 3. The Kier molecular flexibility index (Phi) is 4.24. The lowest BCUT2D eigenvalue weighted by molar-refractivity contribution is 0.271. The van der Waals surface area contributed by atoms with E-state index in [9.17, 15) is 0 Å². The Morgan fingerprint density at radius 2 is 1.81 bits per heavy atom. The average Bonchev–Trinajstić information content (AvgIpc) is 2.39. The maximum Gasteiger partial charge on any atom is 0.0408 e. The molecule has 1 aromatic carbocycles. The van der Waals surface area contributed by atoms with Crippen molar-refractivity contribution >= 4 is 21.6 Å². The minimum absolute atomic E-state index is 0.942. The number of benzene rings is 1. The largest absolute Gasteiger partial charge is 0.369 e. The summed E-state index contributed by atoms with van der Waals surface area (Å²) in [7, 11) is 0. The summed E-state index contributed by atoms with van der Waals surface area (Å²) in [4.78, 5) is 5.01. The highest BCUT2D eigenvalue weighted by Gasteiger charge is 2.17. The standard InChI is InChI=1S/C13H19BrN2/c1-2-15-7-9-16(10-8-15)13-6-4-3-5-12(13)11-14/h3-6H,2,7-11H2,1H3. The van der Waals surface area contributed by atoms with Gasteiger partial charge in [-0.15, -0.1) is 0 Å². The Bertz CT molecular complexity index is 332. The second-order valence-corrected chi connectivity index (χ2v) is 4.74. The van der Waals surface area contributed by atoms with E-state index in [4.69, 9.17) is 0 Å². The number of likely N-dealkylation sites (N-methyl/N-ethyl adjacent to an activating group) is 1. The van der Waals surface area contributed by atoms with Gasteiger partial charge in [-0.05, 0) is 18.2 Å². The molecule has 0 bridgehead atoms. The highest BCUT2D eigenvalue weighted by atomic mass is 79.9. The third-order valence-electron chi connectivity index (χ3n) is 3.30. The lowest BCUT2D eigenvalue weighted by atomic mass is 10.1. The molecule has 2 nitrogen and oxygen atoms in total. The van der Waals surface area contributed by atoms with Crippen LogP contribution in [-0.2, 0) is 5.33 Å². The monoisotopic (exact) mass is 282 g/mol. The number of halogens is 1. The van der Waals surface area contributed by atoms with Gasteiger partial charge in [0.25, 0.3) is 0 Å². The van der Waals surface area contributed by atoms with E-state index < -0.39 is 0 Å². The van der Waals surface area contributed by atoms with E-state index in [1.165, 1.54) is 30.9 Å². The van der Waals surface area contributed by atoms with E-state index in [2.05, 4.69) is 56.9 Å². The van der Waals surface area contributed by atoms with E-state index >= 15 is 0 Å². The van der Waals surface area contributed by atoms with Crippen molar-refractivity contribution < 1.29 is 0 Å². The minimum atomic E-state index is 0.942. The van der Waals surface area contributed by atoms with Gasteiger partial charge in [0, 0.05) is 37.2 Å². The van der Waals surface area contributed by atoms with Gasteiger partial charge in [0.05, 0.1) is 0 Å². The second kappa shape index (κ2) is 5.69. The lowest BCUT2D eigenvalue weighted by Gasteiger charge is -2.36. The van der Waals surface area contributed by atoms with Gasteiger partial charge in [0.1, 0.15) is 0 Å². The van der Waals surface area contributed by atoms with Gasteiger partial charge in [-0.3, -0.25) is 0 Å². The molecular formula is C13H19BrN2. The summed E-state index contributed by atoms with van der Waals surface area (Å²) in [5.41, 5.74) is 2.79. The summed E-state index contributed by atoms with van der Waals surface area (Å²) in [6.45, 7) is 8.09. The molecule has 0 aliphatic carbocycles. The molecule has 1 fully saturated rings. The van der Waals surface area contributed by atoms with E-state index in [1.807, 2.05) is 0 Å². The van der Waals surface area contributed by atoms with Gasteiger partial charge >= 0.3 is 0 Å². The van der Waals surface area contributed by atoms with Crippen LogP contribution in [0.25, 0.3) is 0 Å². The Hall–Kier alpha value is -0.540.